The number of hydrogen-bond donors (Lipinski definition) is 2. The van der Waals surface area contributed by atoms with Crippen molar-refractivity contribution < 1.29 is 9.90 Å². The van der Waals surface area contributed by atoms with E-state index in [0.29, 0.717) is 17.1 Å². The third-order valence-corrected chi connectivity index (χ3v) is 5.24. The van der Waals surface area contributed by atoms with Gasteiger partial charge < -0.3 is 10.4 Å². The largest absolute Gasteiger partial charge is 0.396 e. The molecule has 1 aromatic rings. The van der Waals surface area contributed by atoms with E-state index >= 15 is 0 Å². The summed E-state index contributed by atoms with van der Waals surface area (Å²) in [5, 5.41) is 23.7. The predicted molar refractivity (Wildman–Crippen MR) is 83.1 cm³/mol. The Morgan fingerprint density at radius 1 is 1.57 bits per heavy atom. The molecule has 1 aliphatic heterocycles. The molecule has 0 unspecified atom stereocenters. The van der Waals surface area contributed by atoms with Crippen molar-refractivity contribution in [2.24, 2.45) is 5.41 Å². The van der Waals surface area contributed by atoms with Crippen molar-refractivity contribution in [3.8, 4) is 6.07 Å². The second-order valence-electron chi connectivity index (χ2n) is 5.61. The average Bonchev–Trinajstić information content (AvgIpc) is 2.95. The van der Waals surface area contributed by atoms with Crippen LogP contribution in [0.5, 0.6) is 0 Å². The molecule has 0 radical (unpaired) electrons. The first-order valence-electron chi connectivity index (χ1n) is 7.23. The van der Waals surface area contributed by atoms with Crippen molar-refractivity contribution in [2.75, 3.05) is 31.6 Å². The van der Waals surface area contributed by atoms with Gasteiger partial charge in [-0.2, -0.15) is 5.26 Å². The van der Waals surface area contributed by atoms with Gasteiger partial charge in [-0.3, -0.25) is 9.69 Å². The molecule has 114 valence electrons. The van der Waals surface area contributed by atoms with Crippen molar-refractivity contribution >= 4 is 22.2 Å². The van der Waals surface area contributed by atoms with E-state index in [4.69, 9.17) is 5.26 Å². The van der Waals surface area contributed by atoms with E-state index < -0.39 is 0 Å². The van der Waals surface area contributed by atoms with Gasteiger partial charge in [0.2, 0.25) is 5.91 Å². The minimum absolute atomic E-state index is 0.0364. The fraction of sp³-hybridized carbons (Fsp3) is 0.600. The molecule has 2 heterocycles. The number of carbonyl (C=O) groups excluding carboxylic acids is 1. The standard InChI is InChI=1S/C15H21N3O2S/c1-2-15(11-19)4-6-18(7-5-15)10-13(20)17-14-12(9-16)3-8-21-14/h3,8,19H,2,4-7,10-11H2,1H3,(H,17,20). The molecule has 0 spiro atoms. The smallest absolute Gasteiger partial charge is 0.239 e. The zero-order valence-corrected chi connectivity index (χ0v) is 13.1. The third kappa shape index (κ3) is 3.82. The normalized spacial score (nSPS) is 18.1. The van der Waals surface area contributed by atoms with E-state index in [-0.39, 0.29) is 17.9 Å². The quantitative estimate of drug-likeness (QED) is 0.873. The van der Waals surface area contributed by atoms with Crippen molar-refractivity contribution in [2.45, 2.75) is 26.2 Å². The van der Waals surface area contributed by atoms with E-state index in [2.05, 4.69) is 23.2 Å². The lowest BCUT2D eigenvalue weighted by Crippen LogP contribution is -2.44. The van der Waals surface area contributed by atoms with E-state index in [1.165, 1.54) is 11.3 Å². The van der Waals surface area contributed by atoms with Crippen LogP contribution in [-0.2, 0) is 4.79 Å². The Bertz CT molecular complexity index is 521. The van der Waals surface area contributed by atoms with Crippen LogP contribution in [-0.4, -0.2) is 42.2 Å². The Labute approximate surface area is 129 Å². The Balaban J connectivity index is 1.84. The number of nitrogens with zero attached hydrogens (tertiary/aromatic N) is 2. The molecule has 0 saturated carbocycles. The van der Waals surface area contributed by atoms with Crippen LogP contribution in [0.15, 0.2) is 11.4 Å². The number of nitrogens with one attached hydrogen (secondary N) is 1. The van der Waals surface area contributed by atoms with E-state index in [1.54, 1.807) is 11.4 Å². The summed E-state index contributed by atoms with van der Waals surface area (Å²) in [4.78, 5) is 14.2. The molecule has 0 aliphatic carbocycles. The number of hydrogen-bond acceptors (Lipinski definition) is 5. The Hall–Kier alpha value is -1.42. The first-order valence-corrected chi connectivity index (χ1v) is 8.11. The van der Waals surface area contributed by atoms with Gasteiger partial charge in [0.25, 0.3) is 0 Å². The summed E-state index contributed by atoms with van der Waals surface area (Å²) in [6.07, 6.45) is 2.83. The van der Waals surface area contributed by atoms with Gasteiger partial charge in [-0.1, -0.05) is 6.92 Å². The van der Waals surface area contributed by atoms with Crippen molar-refractivity contribution in [3.05, 3.63) is 17.0 Å². The number of aliphatic hydroxyl groups excluding tert-OH is 1. The van der Waals surface area contributed by atoms with Crippen molar-refractivity contribution in [3.63, 3.8) is 0 Å². The van der Waals surface area contributed by atoms with E-state index in [9.17, 15) is 9.90 Å². The fourth-order valence-electron chi connectivity index (χ4n) is 2.67. The number of aliphatic hydroxyl groups is 1. The first-order chi connectivity index (χ1) is 10.1. The van der Waals surface area contributed by atoms with Gasteiger partial charge in [0.15, 0.2) is 0 Å². The summed E-state index contributed by atoms with van der Waals surface area (Å²) in [5.74, 6) is -0.0815. The summed E-state index contributed by atoms with van der Waals surface area (Å²) in [5.41, 5.74) is 0.548. The SMILES string of the molecule is CCC1(CO)CCN(CC(=O)Nc2sccc2C#N)CC1. The summed E-state index contributed by atoms with van der Waals surface area (Å²) >= 11 is 1.37. The molecule has 21 heavy (non-hydrogen) atoms. The van der Waals surface area contributed by atoms with Crippen LogP contribution in [0.4, 0.5) is 5.00 Å². The van der Waals surface area contributed by atoms with Crippen molar-refractivity contribution in [1.82, 2.24) is 4.90 Å². The fourth-order valence-corrected chi connectivity index (χ4v) is 3.43. The average molecular weight is 307 g/mol. The lowest BCUT2D eigenvalue weighted by atomic mass is 9.77. The monoisotopic (exact) mass is 307 g/mol. The van der Waals surface area contributed by atoms with Crippen LogP contribution in [0.25, 0.3) is 0 Å². The topological polar surface area (TPSA) is 76.4 Å². The molecule has 1 aromatic heterocycles. The highest BCUT2D eigenvalue weighted by Gasteiger charge is 2.32. The first kappa shape index (κ1) is 16.0. The van der Waals surface area contributed by atoms with Crippen LogP contribution in [0.2, 0.25) is 0 Å². The third-order valence-electron chi connectivity index (χ3n) is 4.41. The van der Waals surface area contributed by atoms with E-state index in [0.717, 1.165) is 32.4 Å². The molecular weight excluding hydrogens is 286 g/mol. The zero-order valence-electron chi connectivity index (χ0n) is 12.3. The maximum Gasteiger partial charge on any atom is 0.239 e. The number of rotatable bonds is 5. The number of anilines is 1. The van der Waals surface area contributed by atoms with Gasteiger partial charge in [-0.15, -0.1) is 11.3 Å². The number of amides is 1. The number of nitriles is 1. The second kappa shape index (κ2) is 7.03. The van der Waals surface area contributed by atoms with Crippen molar-refractivity contribution in [1.29, 1.82) is 5.26 Å². The number of likely N-dealkylation sites (tertiary alicyclic amines) is 1. The lowest BCUT2D eigenvalue weighted by Gasteiger charge is -2.39. The minimum Gasteiger partial charge on any atom is -0.396 e. The maximum absolute atomic E-state index is 12.0. The zero-order chi connectivity index (χ0) is 15.3. The van der Waals surface area contributed by atoms with Gasteiger partial charge in [0.1, 0.15) is 11.1 Å². The minimum atomic E-state index is -0.0815. The Morgan fingerprint density at radius 2 is 2.29 bits per heavy atom. The van der Waals surface area contributed by atoms with Gasteiger partial charge in [0.05, 0.1) is 12.1 Å². The molecule has 5 nitrogen and oxygen atoms in total. The highest BCUT2D eigenvalue weighted by molar-refractivity contribution is 7.14. The maximum atomic E-state index is 12.0. The van der Waals surface area contributed by atoms with Gasteiger partial charge in [0, 0.05) is 6.61 Å². The highest BCUT2D eigenvalue weighted by Crippen LogP contribution is 2.34. The molecule has 6 heteroatoms. The molecule has 0 atom stereocenters. The summed E-state index contributed by atoms with van der Waals surface area (Å²) in [6, 6.07) is 3.77. The molecule has 1 amide bonds. The van der Waals surface area contributed by atoms with Crippen LogP contribution in [0.3, 0.4) is 0 Å². The molecule has 2 rings (SSSR count). The van der Waals surface area contributed by atoms with Gasteiger partial charge in [-0.05, 0) is 49.2 Å². The molecule has 2 N–H and O–H groups in total. The van der Waals surface area contributed by atoms with Crippen LogP contribution in [0, 0.1) is 16.7 Å². The van der Waals surface area contributed by atoms with Crippen LogP contribution >= 0.6 is 11.3 Å². The van der Waals surface area contributed by atoms with Crippen LogP contribution in [0.1, 0.15) is 31.7 Å². The Morgan fingerprint density at radius 3 is 2.86 bits per heavy atom. The summed E-state index contributed by atoms with van der Waals surface area (Å²) in [6.45, 7) is 4.34. The number of piperidine rings is 1. The summed E-state index contributed by atoms with van der Waals surface area (Å²) in [7, 11) is 0. The molecule has 1 saturated heterocycles. The predicted octanol–water partition coefficient (Wildman–Crippen LogP) is 2.04. The second-order valence-corrected chi connectivity index (χ2v) is 6.53. The Kier molecular flexibility index (Phi) is 5.34. The molecule has 0 aromatic carbocycles. The summed E-state index contributed by atoms with van der Waals surface area (Å²) < 4.78 is 0. The molecule has 1 fully saturated rings. The molecule has 1 aliphatic rings. The number of thiophene rings is 1. The van der Waals surface area contributed by atoms with Gasteiger partial charge in [-0.25, -0.2) is 0 Å². The highest BCUT2D eigenvalue weighted by atomic mass is 32.1. The number of carbonyl (C=O) groups is 1. The lowest BCUT2D eigenvalue weighted by molar-refractivity contribution is -0.118. The molecular formula is C15H21N3O2S. The molecule has 0 bridgehead atoms. The van der Waals surface area contributed by atoms with Crippen LogP contribution < -0.4 is 5.32 Å². The van der Waals surface area contributed by atoms with E-state index in [1.807, 2.05) is 0 Å². The van der Waals surface area contributed by atoms with Gasteiger partial charge >= 0.3 is 0 Å².